The smallest absolute Gasteiger partial charge is 0.248 e. The van der Waals surface area contributed by atoms with Gasteiger partial charge in [0.25, 0.3) is 0 Å². The Labute approximate surface area is 189 Å². The summed E-state index contributed by atoms with van der Waals surface area (Å²) in [7, 11) is 0. The molecule has 0 aromatic carbocycles. The van der Waals surface area contributed by atoms with Crippen LogP contribution in [0, 0.1) is 5.41 Å². The summed E-state index contributed by atoms with van der Waals surface area (Å²) >= 11 is 0. The molecule has 0 radical (unpaired) electrons. The Bertz CT molecular complexity index is 944. The number of piperidine rings is 1. The lowest BCUT2D eigenvalue weighted by Gasteiger charge is -2.42. The van der Waals surface area contributed by atoms with Gasteiger partial charge in [-0.3, -0.25) is 19.3 Å². The van der Waals surface area contributed by atoms with Crippen molar-refractivity contribution in [3.05, 3.63) is 48.0 Å². The van der Waals surface area contributed by atoms with Gasteiger partial charge in [-0.15, -0.1) is 0 Å². The SMILES string of the molecule is CCOCC(=O)N1C[C@@H](c2ccnn2C(C)C)[C@@]2(CCCN(Cc3ccccn3)C2=O)C1. The van der Waals surface area contributed by atoms with E-state index in [1.165, 1.54) is 0 Å². The van der Waals surface area contributed by atoms with E-state index in [0.717, 1.165) is 24.2 Å². The molecule has 2 atom stereocenters. The molecule has 4 rings (SSSR count). The fraction of sp³-hybridized carbons (Fsp3) is 0.583. The fourth-order valence-electron chi connectivity index (χ4n) is 5.21. The molecule has 2 amide bonds. The Morgan fingerprint density at radius 1 is 1.28 bits per heavy atom. The highest BCUT2D eigenvalue weighted by atomic mass is 16.5. The van der Waals surface area contributed by atoms with Crippen molar-refractivity contribution in [3.8, 4) is 0 Å². The van der Waals surface area contributed by atoms with Gasteiger partial charge in [-0.25, -0.2) is 0 Å². The maximum atomic E-state index is 14.0. The summed E-state index contributed by atoms with van der Waals surface area (Å²) in [5.41, 5.74) is 1.25. The van der Waals surface area contributed by atoms with Crippen molar-refractivity contribution in [2.75, 3.05) is 32.8 Å². The Hall–Kier alpha value is -2.74. The largest absolute Gasteiger partial charge is 0.372 e. The van der Waals surface area contributed by atoms with Crippen LogP contribution in [0.2, 0.25) is 0 Å². The average molecular weight is 440 g/mol. The highest BCUT2D eigenvalue weighted by Crippen LogP contribution is 2.49. The van der Waals surface area contributed by atoms with Gasteiger partial charge in [-0.1, -0.05) is 6.07 Å². The second kappa shape index (κ2) is 9.40. The van der Waals surface area contributed by atoms with Crippen molar-refractivity contribution >= 4 is 11.8 Å². The predicted octanol–water partition coefficient (Wildman–Crippen LogP) is 2.63. The number of ether oxygens (including phenoxy) is 1. The first-order valence-electron chi connectivity index (χ1n) is 11.5. The number of hydrogen-bond donors (Lipinski definition) is 0. The number of aromatic nitrogens is 3. The first-order chi connectivity index (χ1) is 15.5. The summed E-state index contributed by atoms with van der Waals surface area (Å²) < 4.78 is 7.38. The lowest BCUT2D eigenvalue weighted by atomic mass is 9.70. The zero-order valence-electron chi connectivity index (χ0n) is 19.2. The second-order valence-electron chi connectivity index (χ2n) is 9.07. The van der Waals surface area contributed by atoms with Crippen LogP contribution in [0.5, 0.6) is 0 Å². The third-order valence-electron chi connectivity index (χ3n) is 6.72. The maximum Gasteiger partial charge on any atom is 0.248 e. The molecule has 0 N–H and O–H groups in total. The molecule has 172 valence electrons. The normalized spacial score (nSPS) is 23.5. The summed E-state index contributed by atoms with van der Waals surface area (Å²) in [6.07, 6.45) is 5.22. The Kier molecular flexibility index (Phi) is 6.60. The topological polar surface area (TPSA) is 80.6 Å². The monoisotopic (exact) mass is 439 g/mol. The number of carbonyl (C=O) groups is 2. The minimum Gasteiger partial charge on any atom is -0.372 e. The molecule has 8 nitrogen and oxygen atoms in total. The zero-order chi connectivity index (χ0) is 22.7. The van der Waals surface area contributed by atoms with Crippen molar-refractivity contribution in [2.24, 2.45) is 5.41 Å². The average Bonchev–Trinajstić information content (AvgIpc) is 3.42. The van der Waals surface area contributed by atoms with Gasteiger partial charge in [0.15, 0.2) is 0 Å². The van der Waals surface area contributed by atoms with Crippen molar-refractivity contribution in [1.82, 2.24) is 24.6 Å². The number of amides is 2. The molecule has 0 saturated carbocycles. The van der Waals surface area contributed by atoms with Gasteiger partial charge in [0.05, 0.1) is 17.7 Å². The van der Waals surface area contributed by atoms with Gasteiger partial charge in [0.2, 0.25) is 11.8 Å². The van der Waals surface area contributed by atoms with Crippen molar-refractivity contribution in [2.45, 2.75) is 52.1 Å². The number of carbonyl (C=O) groups excluding carboxylic acids is 2. The minimum absolute atomic E-state index is 0.0502. The number of hydrogen-bond acceptors (Lipinski definition) is 5. The summed E-state index contributed by atoms with van der Waals surface area (Å²) in [5, 5.41) is 4.52. The zero-order valence-corrected chi connectivity index (χ0v) is 19.2. The molecule has 0 bridgehead atoms. The molecule has 8 heteroatoms. The van der Waals surface area contributed by atoms with Gasteiger partial charge in [-0.05, 0) is 51.8 Å². The summed E-state index contributed by atoms with van der Waals surface area (Å²) in [5.74, 6) is -0.0429. The van der Waals surface area contributed by atoms with Gasteiger partial charge < -0.3 is 14.5 Å². The van der Waals surface area contributed by atoms with Gasteiger partial charge in [0.1, 0.15) is 6.61 Å². The van der Waals surface area contributed by atoms with Crippen molar-refractivity contribution in [1.29, 1.82) is 0 Å². The molecule has 2 aromatic heterocycles. The van der Waals surface area contributed by atoms with Crippen LogP contribution in [0.1, 0.15) is 57.0 Å². The first kappa shape index (κ1) is 22.5. The number of nitrogens with zero attached hydrogens (tertiary/aromatic N) is 5. The molecule has 0 unspecified atom stereocenters. The van der Waals surface area contributed by atoms with E-state index in [4.69, 9.17) is 4.74 Å². The number of pyridine rings is 1. The van der Waals surface area contributed by atoms with Gasteiger partial charge >= 0.3 is 0 Å². The van der Waals surface area contributed by atoms with E-state index in [1.54, 1.807) is 12.4 Å². The van der Waals surface area contributed by atoms with Crippen LogP contribution in [0.3, 0.4) is 0 Å². The molecule has 2 aliphatic rings. The van der Waals surface area contributed by atoms with Crippen molar-refractivity contribution in [3.63, 3.8) is 0 Å². The van der Waals surface area contributed by atoms with Crippen LogP contribution in [-0.4, -0.2) is 69.2 Å². The maximum absolute atomic E-state index is 14.0. The molecule has 1 spiro atoms. The van der Waals surface area contributed by atoms with Crippen LogP contribution in [-0.2, 0) is 20.9 Å². The molecular weight excluding hydrogens is 406 g/mol. The number of likely N-dealkylation sites (tertiary alicyclic amines) is 2. The van der Waals surface area contributed by atoms with Crippen LogP contribution in [0.15, 0.2) is 36.7 Å². The van der Waals surface area contributed by atoms with E-state index in [1.807, 2.05) is 45.7 Å². The van der Waals surface area contributed by atoms with Crippen LogP contribution < -0.4 is 0 Å². The first-order valence-corrected chi connectivity index (χ1v) is 11.5. The second-order valence-corrected chi connectivity index (χ2v) is 9.07. The quantitative estimate of drug-likeness (QED) is 0.663. The molecule has 2 saturated heterocycles. The molecule has 2 fully saturated rings. The third-order valence-corrected chi connectivity index (χ3v) is 6.72. The van der Waals surface area contributed by atoms with E-state index in [-0.39, 0.29) is 30.4 Å². The summed E-state index contributed by atoms with van der Waals surface area (Å²) in [6, 6.07) is 7.96. The van der Waals surface area contributed by atoms with Crippen LogP contribution in [0.25, 0.3) is 0 Å². The van der Waals surface area contributed by atoms with E-state index in [9.17, 15) is 9.59 Å². The molecule has 0 aliphatic carbocycles. The predicted molar refractivity (Wildman–Crippen MR) is 120 cm³/mol. The fourth-order valence-corrected chi connectivity index (χ4v) is 5.21. The third kappa shape index (κ3) is 4.16. The van der Waals surface area contributed by atoms with Crippen LogP contribution in [0.4, 0.5) is 0 Å². The standard InChI is InChI=1S/C24H33N5O3/c1-4-32-16-22(30)28-15-20(21-9-12-26-29(21)18(2)3)24(17-28)10-7-13-27(23(24)31)14-19-8-5-6-11-25-19/h5-6,8-9,11-12,18,20H,4,7,10,13-17H2,1-3H3/t20-,24+/m0/s1. The van der Waals surface area contributed by atoms with Gasteiger partial charge in [-0.2, -0.15) is 5.10 Å². The molecule has 2 aromatic rings. The van der Waals surface area contributed by atoms with E-state index < -0.39 is 5.41 Å². The Balaban J connectivity index is 1.67. The molecule has 32 heavy (non-hydrogen) atoms. The highest BCUT2D eigenvalue weighted by Gasteiger charge is 2.57. The van der Waals surface area contributed by atoms with Gasteiger partial charge in [0, 0.05) is 56.3 Å². The Morgan fingerprint density at radius 2 is 2.12 bits per heavy atom. The molecule has 4 heterocycles. The van der Waals surface area contributed by atoms with E-state index in [2.05, 4.69) is 23.9 Å². The summed E-state index contributed by atoms with van der Waals surface area (Å²) in [6.45, 7) is 8.73. The summed E-state index contributed by atoms with van der Waals surface area (Å²) in [4.78, 5) is 35.1. The van der Waals surface area contributed by atoms with E-state index >= 15 is 0 Å². The molecular formula is C24H33N5O3. The van der Waals surface area contributed by atoms with Crippen molar-refractivity contribution < 1.29 is 14.3 Å². The highest BCUT2D eigenvalue weighted by molar-refractivity contribution is 5.87. The Morgan fingerprint density at radius 3 is 2.84 bits per heavy atom. The van der Waals surface area contributed by atoms with E-state index in [0.29, 0.717) is 32.8 Å². The molecule has 2 aliphatic heterocycles. The van der Waals surface area contributed by atoms with Crippen LogP contribution >= 0.6 is 0 Å². The minimum atomic E-state index is -0.651. The lowest BCUT2D eigenvalue weighted by molar-refractivity contribution is -0.148. The number of rotatable bonds is 7. The lowest BCUT2D eigenvalue weighted by Crippen LogP contribution is -2.52.